The second-order valence-electron chi connectivity index (χ2n) is 5.35. The molecular formula is C19H13BrCl2N2O2. The number of pyridine rings is 1. The van der Waals surface area contributed by atoms with E-state index in [1.54, 1.807) is 66.9 Å². The second kappa shape index (κ2) is 8.54. The summed E-state index contributed by atoms with van der Waals surface area (Å²) in [6, 6.07) is 17.2. The van der Waals surface area contributed by atoms with Gasteiger partial charge in [0.15, 0.2) is 0 Å². The van der Waals surface area contributed by atoms with Crippen molar-refractivity contribution in [2.75, 3.05) is 5.32 Å². The smallest absolute Gasteiger partial charge is 0.271 e. The number of hydrogen-bond donors (Lipinski definition) is 1. The Balaban J connectivity index is 1.85. The first-order valence-corrected chi connectivity index (χ1v) is 9.16. The van der Waals surface area contributed by atoms with Gasteiger partial charge in [-0.2, -0.15) is 0 Å². The van der Waals surface area contributed by atoms with Gasteiger partial charge in [0.05, 0.1) is 0 Å². The largest absolute Gasteiger partial charge is 0.476 e. The fraction of sp³-hybridized carbons (Fsp3) is 0.0526. The summed E-state index contributed by atoms with van der Waals surface area (Å²) in [4.78, 5) is 17.0. The second-order valence-corrected chi connectivity index (χ2v) is 7.14. The third-order valence-electron chi connectivity index (χ3n) is 3.46. The number of aromatic nitrogens is 1. The van der Waals surface area contributed by atoms with Crippen LogP contribution in [0.15, 0.2) is 71.3 Å². The number of anilines is 1. The van der Waals surface area contributed by atoms with Crippen molar-refractivity contribution in [3.8, 4) is 5.75 Å². The number of nitrogens with one attached hydrogen (secondary N) is 1. The minimum atomic E-state index is -0.876. The standard InChI is InChI=1S/C19H13BrCl2N2O2/c20-13-3-10-17(23-11-13)24-19(25)18(12-1-4-14(21)5-2-12)26-16-8-6-15(22)7-9-16/h1-11,18H,(H,23,24,25). The molecule has 2 aromatic carbocycles. The third-order valence-corrected chi connectivity index (χ3v) is 4.43. The molecule has 0 bridgehead atoms. The predicted molar refractivity (Wildman–Crippen MR) is 107 cm³/mol. The lowest BCUT2D eigenvalue weighted by Gasteiger charge is -2.19. The van der Waals surface area contributed by atoms with E-state index in [1.165, 1.54) is 0 Å². The van der Waals surface area contributed by atoms with E-state index in [0.717, 1.165) is 4.47 Å². The van der Waals surface area contributed by atoms with Crippen molar-refractivity contribution in [1.82, 2.24) is 4.98 Å². The quantitative estimate of drug-likeness (QED) is 0.524. The number of amides is 1. The summed E-state index contributed by atoms with van der Waals surface area (Å²) in [6.07, 6.45) is 0.728. The average Bonchev–Trinajstić information content (AvgIpc) is 2.64. The van der Waals surface area contributed by atoms with Gasteiger partial charge in [-0.05, 0) is 64.5 Å². The molecule has 0 spiro atoms. The number of rotatable bonds is 5. The lowest BCUT2D eigenvalue weighted by molar-refractivity contribution is -0.123. The SMILES string of the molecule is O=C(Nc1ccc(Br)cn1)C(Oc1ccc(Cl)cc1)c1ccc(Cl)cc1. The highest BCUT2D eigenvalue weighted by atomic mass is 79.9. The summed E-state index contributed by atoms with van der Waals surface area (Å²) in [5.41, 5.74) is 0.666. The van der Waals surface area contributed by atoms with Gasteiger partial charge in [-0.15, -0.1) is 0 Å². The van der Waals surface area contributed by atoms with E-state index in [0.29, 0.717) is 27.2 Å². The number of benzene rings is 2. The van der Waals surface area contributed by atoms with Crippen LogP contribution in [0.25, 0.3) is 0 Å². The number of ether oxygens (including phenoxy) is 1. The Morgan fingerprint density at radius 3 is 2.15 bits per heavy atom. The first-order chi connectivity index (χ1) is 12.5. The van der Waals surface area contributed by atoms with Gasteiger partial charge in [-0.25, -0.2) is 4.98 Å². The van der Waals surface area contributed by atoms with Crippen molar-refractivity contribution in [2.24, 2.45) is 0 Å². The molecule has 4 nitrogen and oxygen atoms in total. The topological polar surface area (TPSA) is 51.2 Å². The molecule has 1 atom stereocenters. The van der Waals surface area contributed by atoms with Crippen LogP contribution in [0.2, 0.25) is 10.0 Å². The number of halogens is 3. The highest BCUT2D eigenvalue weighted by molar-refractivity contribution is 9.10. The zero-order valence-corrected chi connectivity index (χ0v) is 16.4. The van der Waals surface area contributed by atoms with Crippen LogP contribution in [-0.2, 0) is 4.79 Å². The van der Waals surface area contributed by atoms with E-state index in [1.807, 2.05) is 0 Å². The molecule has 0 fully saturated rings. The van der Waals surface area contributed by atoms with Gasteiger partial charge in [0, 0.05) is 26.3 Å². The Kier molecular flexibility index (Phi) is 6.14. The zero-order chi connectivity index (χ0) is 18.5. The lowest BCUT2D eigenvalue weighted by Crippen LogP contribution is -2.26. The number of carbonyl (C=O) groups excluding carboxylic acids is 1. The summed E-state index contributed by atoms with van der Waals surface area (Å²) in [7, 11) is 0. The van der Waals surface area contributed by atoms with Crippen molar-refractivity contribution in [2.45, 2.75) is 6.10 Å². The van der Waals surface area contributed by atoms with E-state index < -0.39 is 6.10 Å². The van der Waals surface area contributed by atoms with Crippen molar-refractivity contribution in [3.63, 3.8) is 0 Å². The molecule has 3 aromatic rings. The summed E-state index contributed by atoms with van der Waals surface area (Å²) in [5.74, 6) is 0.599. The van der Waals surface area contributed by atoms with E-state index in [2.05, 4.69) is 26.2 Å². The van der Waals surface area contributed by atoms with Crippen LogP contribution in [-0.4, -0.2) is 10.9 Å². The van der Waals surface area contributed by atoms with E-state index in [4.69, 9.17) is 27.9 Å². The molecule has 26 heavy (non-hydrogen) atoms. The Bertz CT molecular complexity index is 885. The molecule has 0 aliphatic rings. The molecule has 0 saturated heterocycles. The zero-order valence-electron chi connectivity index (χ0n) is 13.3. The van der Waals surface area contributed by atoms with Crippen LogP contribution >= 0.6 is 39.1 Å². The van der Waals surface area contributed by atoms with Gasteiger partial charge in [-0.1, -0.05) is 35.3 Å². The van der Waals surface area contributed by atoms with Gasteiger partial charge in [-0.3, -0.25) is 4.79 Å². The molecule has 1 aromatic heterocycles. The number of nitrogens with zero attached hydrogens (tertiary/aromatic N) is 1. The van der Waals surface area contributed by atoms with Crippen molar-refractivity contribution < 1.29 is 9.53 Å². The summed E-state index contributed by atoms with van der Waals surface area (Å²) in [6.45, 7) is 0. The first kappa shape index (κ1) is 18.7. The van der Waals surface area contributed by atoms with Crippen molar-refractivity contribution >= 4 is 50.9 Å². The van der Waals surface area contributed by atoms with Gasteiger partial charge in [0.2, 0.25) is 6.10 Å². The number of carbonyl (C=O) groups is 1. The van der Waals surface area contributed by atoms with E-state index in [-0.39, 0.29) is 5.91 Å². The average molecular weight is 452 g/mol. The van der Waals surface area contributed by atoms with Gasteiger partial charge in [0.25, 0.3) is 5.91 Å². The molecule has 3 rings (SSSR count). The highest BCUT2D eigenvalue weighted by Crippen LogP contribution is 2.26. The maximum absolute atomic E-state index is 12.8. The van der Waals surface area contributed by atoms with E-state index in [9.17, 15) is 4.79 Å². The Hall–Kier alpha value is -2.08. The summed E-state index contributed by atoms with van der Waals surface area (Å²) in [5, 5.41) is 3.92. The first-order valence-electron chi connectivity index (χ1n) is 7.61. The molecule has 1 unspecified atom stereocenters. The Morgan fingerprint density at radius 2 is 1.58 bits per heavy atom. The minimum Gasteiger partial charge on any atom is -0.476 e. The van der Waals surface area contributed by atoms with Crippen molar-refractivity contribution in [3.05, 3.63) is 86.9 Å². The third kappa shape index (κ3) is 4.97. The minimum absolute atomic E-state index is 0.350. The van der Waals surface area contributed by atoms with Gasteiger partial charge in [0.1, 0.15) is 11.6 Å². The van der Waals surface area contributed by atoms with Crippen LogP contribution in [0.5, 0.6) is 5.75 Å². The Labute approximate surface area is 169 Å². The monoisotopic (exact) mass is 450 g/mol. The van der Waals surface area contributed by atoms with E-state index >= 15 is 0 Å². The molecule has 1 amide bonds. The fourth-order valence-corrected chi connectivity index (χ4v) is 2.69. The van der Waals surface area contributed by atoms with Crippen molar-refractivity contribution in [1.29, 1.82) is 0 Å². The van der Waals surface area contributed by atoms with Gasteiger partial charge >= 0.3 is 0 Å². The highest BCUT2D eigenvalue weighted by Gasteiger charge is 2.23. The summed E-state index contributed by atoms with van der Waals surface area (Å²) >= 11 is 15.2. The molecule has 0 aliphatic carbocycles. The maximum Gasteiger partial charge on any atom is 0.271 e. The van der Waals surface area contributed by atoms with Crippen LogP contribution in [0.3, 0.4) is 0 Å². The maximum atomic E-state index is 12.8. The molecule has 1 heterocycles. The van der Waals surface area contributed by atoms with Crippen LogP contribution in [0.1, 0.15) is 11.7 Å². The molecule has 0 saturated carbocycles. The van der Waals surface area contributed by atoms with Crippen LogP contribution in [0.4, 0.5) is 5.82 Å². The fourth-order valence-electron chi connectivity index (χ4n) is 2.20. The van der Waals surface area contributed by atoms with Crippen LogP contribution < -0.4 is 10.1 Å². The lowest BCUT2D eigenvalue weighted by atomic mass is 10.1. The molecular weight excluding hydrogens is 439 g/mol. The predicted octanol–water partition coefficient (Wildman–Crippen LogP) is 5.91. The molecule has 0 aliphatic heterocycles. The molecule has 0 radical (unpaired) electrons. The molecule has 132 valence electrons. The summed E-state index contributed by atoms with van der Waals surface area (Å²) < 4.78 is 6.72. The Morgan fingerprint density at radius 1 is 0.962 bits per heavy atom. The normalized spacial score (nSPS) is 11.7. The van der Waals surface area contributed by atoms with Gasteiger partial charge < -0.3 is 10.1 Å². The van der Waals surface area contributed by atoms with Crippen LogP contribution in [0, 0.1) is 0 Å². The number of hydrogen-bond acceptors (Lipinski definition) is 3. The molecule has 1 N–H and O–H groups in total. The molecule has 7 heteroatoms.